The summed E-state index contributed by atoms with van der Waals surface area (Å²) in [5.41, 5.74) is 3.30. The van der Waals surface area contributed by atoms with Crippen molar-refractivity contribution >= 4 is 5.69 Å². The summed E-state index contributed by atoms with van der Waals surface area (Å²) in [4.78, 5) is 5.11. The summed E-state index contributed by atoms with van der Waals surface area (Å²) in [5.74, 6) is 0. The highest BCUT2D eigenvalue weighted by Gasteiger charge is 2.38. The first-order chi connectivity index (χ1) is 8.18. The molecule has 4 N–H and O–H groups in total. The first-order valence-electron chi connectivity index (χ1n) is 5.31. The van der Waals surface area contributed by atoms with E-state index in [-0.39, 0.29) is 6.61 Å². The average Bonchev–Trinajstić information content (AvgIpc) is 2.36. The van der Waals surface area contributed by atoms with Crippen LogP contribution in [-0.2, 0) is 9.57 Å². The van der Waals surface area contributed by atoms with E-state index in [0.717, 1.165) is 0 Å². The molecule has 0 aromatic heterocycles. The number of aliphatic hydroxyl groups is 3. The first kappa shape index (κ1) is 12.3. The Kier molecular flexibility index (Phi) is 3.93. The Balaban J connectivity index is 1.87. The Morgan fingerprint density at radius 1 is 1.12 bits per heavy atom. The van der Waals surface area contributed by atoms with Gasteiger partial charge in [-0.1, -0.05) is 18.2 Å². The van der Waals surface area contributed by atoms with E-state index < -0.39 is 24.6 Å². The molecule has 94 valence electrons. The number of hydrogen-bond acceptors (Lipinski definition) is 6. The van der Waals surface area contributed by atoms with Crippen LogP contribution in [0.1, 0.15) is 0 Å². The maximum absolute atomic E-state index is 9.59. The van der Waals surface area contributed by atoms with Crippen LogP contribution in [0.4, 0.5) is 5.69 Å². The van der Waals surface area contributed by atoms with Crippen molar-refractivity contribution in [3.8, 4) is 0 Å². The fraction of sp³-hybridized carbons (Fsp3) is 0.455. The minimum absolute atomic E-state index is 0.0840. The lowest BCUT2D eigenvalue weighted by Gasteiger charge is -2.34. The normalized spacial score (nSPS) is 33.4. The van der Waals surface area contributed by atoms with Crippen molar-refractivity contribution in [2.45, 2.75) is 24.6 Å². The lowest BCUT2D eigenvalue weighted by molar-refractivity contribution is -0.261. The van der Waals surface area contributed by atoms with Crippen LogP contribution < -0.4 is 5.48 Å². The van der Waals surface area contributed by atoms with E-state index in [1.165, 1.54) is 0 Å². The SMILES string of the molecule is O[C@@H]1[C@@H](ONc2ccccc2)OC[C@@H](O)[C@H]1O. The Morgan fingerprint density at radius 3 is 2.53 bits per heavy atom. The molecule has 0 unspecified atom stereocenters. The smallest absolute Gasteiger partial charge is 0.212 e. The van der Waals surface area contributed by atoms with Crippen molar-refractivity contribution < 1.29 is 24.9 Å². The highest BCUT2D eigenvalue weighted by molar-refractivity contribution is 5.40. The van der Waals surface area contributed by atoms with Gasteiger partial charge in [0, 0.05) is 0 Å². The molecular formula is C11H15NO5. The van der Waals surface area contributed by atoms with Gasteiger partial charge in [-0.25, -0.2) is 4.84 Å². The number of anilines is 1. The average molecular weight is 241 g/mol. The lowest BCUT2D eigenvalue weighted by atomic mass is 10.1. The van der Waals surface area contributed by atoms with Crippen molar-refractivity contribution in [3.63, 3.8) is 0 Å². The molecule has 1 aliphatic heterocycles. The van der Waals surface area contributed by atoms with Gasteiger partial charge in [-0.2, -0.15) is 0 Å². The van der Waals surface area contributed by atoms with E-state index in [0.29, 0.717) is 5.69 Å². The number of hydrogen-bond donors (Lipinski definition) is 4. The molecule has 2 rings (SSSR count). The highest BCUT2D eigenvalue weighted by atomic mass is 16.8. The predicted molar refractivity (Wildman–Crippen MR) is 58.9 cm³/mol. The van der Waals surface area contributed by atoms with E-state index in [1.807, 2.05) is 18.2 Å². The van der Waals surface area contributed by atoms with E-state index in [1.54, 1.807) is 12.1 Å². The molecule has 17 heavy (non-hydrogen) atoms. The van der Waals surface area contributed by atoms with Gasteiger partial charge in [0.2, 0.25) is 6.29 Å². The maximum atomic E-state index is 9.59. The number of rotatable bonds is 3. The summed E-state index contributed by atoms with van der Waals surface area (Å²) in [6, 6.07) is 9.06. The topological polar surface area (TPSA) is 91.2 Å². The van der Waals surface area contributed by atoms with Crippen LogP contribution in [0, 0.1) is 0 Å². The van der Waals surface area contributed by atoms with Gasteiger partial charge in [-0.15, -0.1) is 0 Å². The molecule has 1 aliphatic rings. The molecule has 0 aliphatic carbocycles. The number of aliphatic hydroxyl groups excluding tert-OH is 3. The molecule has 6 heteroatoms. The molecule has 6 nitrogen and oxygen atoms in total. The summed E-state index contributed by atoms with van der Waals surface area (Å²) in [7, 11) is 0. The maximum Gasteiger partial charge on any atom is 0.212 e. The number of nitrogens with one attached hydrogen (secondary N) is 1. The van der Waals surface area contributed by atoms with E-state index in [9.17, 15) is 15.3 Å². The number of ether oxygens (including phenoxy) is 1. The Labute approximate surface area is 98.4 Å². The molecule has 0 saturated carbocycles. The number of para-hydroxylation sites is 1. The van der Waals surface area contributed by atoms with Crippen molar-refractivity contribution in [1.82, 2.24) is 0 Å². The van der Waals surface area contributed by atoms with Crippen LogP contribution in [0.15, 0.2) is 30.3 Å². The van der Waals surface area contributed by atoms with Crippen LogP contribution in [0.2, 0.25) is 0 Å². The minimum atomic E-state index is -1.30. The monoisotopic (exact) mass is 241 g/mol. The van der Waals surface area contributed by atoms with Gasteiger partial charge in [0.1, 0.15) is 18.3 Å². The fourth-order valence-corrected chi connectivity index (χ4v) is 1.52. The minimum Gasteiger partial charge on any atom is -0.388 e. The van der Waals surface area contributed by atoms with Crippen LogP contribution in [0.5, 0.6) is 0 Å². The fourth-order valence-electron chi connectivity index (χ4n) is 1.52. The van der Waals surface area contributed by atoms with E-state index >= 15 is 0 Å². The molecule has 0 radical (unpaired) electrons. The molecule has 1 aromatic rings. The lowest BCUT2D eigenvalue weighted by Crippen LogP contribution is -2.54. The van der Waals surface area contributed by atoms with Gasteiger partial charge >= 0.3 is 0 Å². The summed E-state index contributed by atoms with van der Waals surface area (Å²) in [6.45, 7) is -0.0840. The molecule has 1 aromatic carbocycles. The predicted octanol–water partition coefficient (Wildman–Crippen LogP) is -0.531. The third kappa shape index (κ3) is 2.93. The number of benzene rings is 1. The highest BCUT2D eigenvalue weighted by Crippen LogP contribution is 2.17. The zero-order chi connectivity index (χ0) is 12.3. The van der Waals surface area contributed by atoms with Crippen molar-refractivity contribution in [1.29, 1.82) is 0 Å². The van der Waals surface area contributed by atoms with E-state index in [2.05, 4.69) is 5.48 Å². The summed E-state index contributed by atoms with van der Waals surface area (Å²) < 4.78 is 5.05. The van der Waals surface area contributed by atoms with Gasteiger partial charge in [-0.05, 0) is 12.1 Å². The van der Waals surface area contributed by atoms with Gasteiger partial charge in [0.05, 0.1) is 12.3 Å². The quantitative estimate of drug-likeness (QED) is 0.532. The second kappa shape index (κ2) is 5.44. The molecule has 0 amide bonds. The van der Waals surface area contributed by atoms with Gasteiger partial charge < -0.3 is 20.1 Å². The van der Waals surface area contributed by atoms with Crippen molar-refractivity contribution in [2.75, 3.05) is 12.1 Å². The van der Waals surface area contributed by atoms with Crippen LogP contribution in [0.25, 0.3) is 0 Å². The van der Waals surface area contributed by atoms with Gasteiger partial charge in [0.15, 0.2) is 0 Å². The molecule has 0 spiro atoms. The molecular weight excluding hydrogens is 226 g/mol. The Bertz CT molecular complexity index is 347. The molecule has 1 heterocycles. The zero-order valence-electron chi connectivity index (χ0n) is 9.06. The first-order valence-corrected chi connectivity index (χ1v) is 5.31. The largest absolute Gasteiger partial charge is 0.388 e. The summed E-state index contributed by atoms with van der Waals surface area (Å²) in [5, 5.41) is 28.3. The van der Waals surface area contributed by atoms with E-state index in [4.69, 9.17) is 9.57 Å². The third-order valence-electron chi connectivity index (χ3n) is 2.52. The second-order valence-corrected chi connectivity index (χ2v) is 3.84. The van der Waals surface area contributed by atoms with Crippen molar-refractivity contribution in [3.05, 3.63) is 30.3 Å². The van der Waals surface area contributed by atoms with Crippen molar-refractivity contribution in [2.24, 2.45) is 0 Å². The molecule has 4 atom stereocenters. The van der Waals surface area contributed by atoms with Crippen LogP contribution >= 0.6 is 0 Å². The molecule has 0 bridgehead atoms. The third-order valence-corrected chi connectivity index (χ3v) is 2.52. The Morgan fingerprint density at radius 2 is 1.82 bits per heavy atom. The summed E-state index contributed by atoms with van der Waals surface area (Å²) in [6.07, 6.45) is -4.68. The van der Waals surface area contributed by atoms with Crippen LogP contribution in [0.3, 0.4) is 0 Å². The van der Waals surface area contributed by atoms with Gasteiger partial charge in [-0.3, -0.25) is 5.48 Å². The standard InChI is InChI=1S/C11H15NO5/c13-8-6-16-11(10(15)9(8)14)17-12-7-4-2-1-3-5-7/h1-5,8-15H,6H2/t8-,9-,10+,11-/m1/s1. The second-order valence-electron chi connectivity index (χ2n) is 3.84. The zero-order valence-corrected chi connectivity index (χ0v) is 9.06. The molecule has 1 saturated heterocycles. The summed E-state index contributed by atoms with van der Waals surface area (Å²) >= 11 is 0. The van der Waals surface area contributed by atoms with Gasteiger partial charge in [0.25, 0.3) is 0 Å². The van der Waals surface area contributed by atoms with Crippen LogP contribution in [-0.4, -0.2) is 46.5 Å². The molecule has 1 fully saturated rings. The Hall–Kier alpha value is -1.18.